The second-order valence-corrected chi connectivity index (χ2v) is 12.5. The quantitative estimate of drug-likeness (QED) is 0.197. The molecule has 250 valence electrons. The highest BCUT2D eigenvalue weighted by atomic mass is 19.4. The van der Waals surface area contributed by atoms with Crippen LogP contribution in [-0.2, 0) is 15.7 Å². The van der Waals surface area contributed by atoms with E-state index in [4.69, 9.17) is 19.4 Å². The molecule has 1 saturated heterocycles. The molecule has 5 heterocycles. The van der Waals surface area contributed by atoms with Crippen LogP contribution in [0.2, 0.25) is 0 Å². The lowest BCUT2D eigenvalue weighted by Gasteiger charge is -2.44. The summed E-state index contributed by atoms with van der Waals surface area (Å²) in [5, 5.41) is 9.31. The molecule has 47 heavy (non-hydrogen) atoms. The molecule has 4 aromatic heterocycles. The van der Waals surface area contributed by atoms with Gasteiger partial charge in [0.15, 0.2) is 5.65 Å². The van der Waals surface area contributed by atoms with E-state index in [9.17, 15) is 23.1 Å². The number of methoxy groups -OCH3 is 1. The van der Waals surface area contributed by atoms with Crippen LogP contribution in [0.15, 0.2) is 36.7 Å². The van der Waals surface area contributed by atoms with Crippen LogP contribution in [0.5, 0.6) is 5.88 Å². The summed E-state index contributed by atoms with van der Waals surface area (Å²) in [6.45, 7) is 4.16. The van der Waals surface area contributed by atoms with Crippen molar-refractivity contribution in [2.75, 3.05) is 56.8 Å². The minimum absolute atomic E-state index is 0.0229. The van der Waals surface area contributed by atoms with E-state index in [1.807, 2.05) is 19.2 Å². The van der Waals surface area contributed by atoms with Gasteiger partial charge in [-0.2, -0.15) is 13.2 Å². The summed E-state index contributed by atoms with van der Waals surface area (Å²) < 4.78 is 52.8. The molecule has 6 rings (SSSR count). The van der Waals surface area contributed by atoms with Gasteiger partial charge in [-0.25, -0.2) is 19.9 Å². The molecule has 2 aliphatic rings. The maximum absolute atomic E-state index is 14.0. The zero-order chi connectivity index (χ0) is 33.3. The van der Waals surface area contributed by atoms with E-state index in [-0.39, 0.29) is 23.5 Å². The van der Waals surface area contributed by atoms with Gasteiger partial charge in [0.25, 0.3) is 0 Å². The molecule has 1 aliphatic heterocycles. The lowest BCUT2D eigenvalue weighted by molar-refractivity contribution is -0.142. The highest BCUT2D eigenvalue weighted by Gasteiger charge is 2.39. The van der Waals surface area contributed by atoms with Crippen molar-refractivity contribution >= 4 is 28.6 Å². The monoisotopic (exact) mass is 653 g/mol. The second-order valence-electron chi connectivity index (χ2n) is 12.5. The number of hydrogen-bond acceptors (Lipinski definition) is 9. The minimum Gasteiger partial charge on any atom is -0.481 e. The predicted octanol–water partition coefficient (Wildman–Crippen LogP) is 6.05. The molecule has 4 aromatic rings. The Labute approximate surface area is 270 Å². The Hall–Kier alpha value is -4.46. The predicted molar refractivity (Wildman–Crippen MR) is 171 cm³/mol. The highest BCUT2D eigenvalue weighted by molar-refractivity contribution is 5.91. The van der Waals surface area contributed by atoms with Crippen LogP contribution in [-0.4, -0.2) is 83.0 Å². The van der Waals surface area contributed by atoms with Crippen molar-refractivity contribution in [3.05, 3.63) is 42.2 Å². The average molecular weight is 654 g/mol. The van der Waals surface area contributed by atoms with Crippen molar-refractivity contribution in [1.29, 1.82) is 0 Å². The zero-order valence-corrected chi connectivity index (χ0v) is 26.6. The topological polar surface area (TPSA) is 130 Å². The van der Waals surface area contributed by atoms with Crippen LogP contribution in [0.4, 0.5) is 24.7 Å². The Bertz CT molecular complexity index is 1730. The molecule has 0 bridgehead atoms. The number of nitrogens with zero attached hydrogens (tertiary/aromatic N) is 6. The molecule has 11 nitrogen and oxygen atoms in total. The molecule has 1 saturated carbocycles. The molecule has 0 spiro atoms. The van der Waals surface area contributed by atoms with Gasteiger partial charge in [-0.05, 0) is 56.9 Å². The number of rotatable bonds is 11. The van der Waals surface area contributed by atoms with E-state index in [2.05, 4.69) is 24.8 Å². The Kier molecular flexibility index (Phi) is 8.97. The van der Waals surface area contributed by atoms with Crippen LogP contribution in [0.3, 0.4) is 0 Å². The number of hydrogen-bond donors (Lipinski definition) is 2. The number of aromatic nitrogens is 5. The first-order valence-corrected chi connectivity index (χ1v) is 15.8. The number of piperidine rings is 1. The minimum atomic E-state index is -4.67. The zero-order valence-electron chi connectivity index (χ0n) is 26.6. The number of ether oxygens (including phenoxy) is 2. The summed E-state index contributed by atoms with van der Waals surface area (Å²) >= 11 is 0. The van der Waals surface area contributed by atoms with Gasteiger partial charge in [0, 0.05) is 62.7 Å². The highest BCUT2D eigenvalue weighted by Crippen LogP contribution is 2.44. The van der Waals surface area contributed by atoms with Crippen molar-refractivity contribution in [3.63, 3.8) is 0 Å². The average Bonchev–Trinajstić information content (AvgIpc) is 3.47. The number of nitrogens with one attached hydrogen (secondary N) is 1. The molecular formula is C33H38F3N7O4. The van der Waals surface area contributed by atoms with E-state index < -0.39 is 23.6 Å². The Morgan fingerprint density at radius 2 is 1.87 bits per heavy atom. The third-order valence-electron chi connectivity index (χ3n) is 9.21. The fourth-order valence-electron chi connectivity index (χ4n) is 6.59. The molecule has 0 unspecified atom stereocenters. The first-order valence-electron chi connectivity index (χ1n) is 15.8. The molecule has 0 atom stereocenters. The van der Waals surface area contributed by atoms with Gasteiger partial charge in [0.05, 0.1) is 30.5 Å². The van der Waals surface area contributed by atoms with Crippen LogP contribution in [0, 0.1) is 11.3 Å². The molecule has 2 fully saturated rings. The third kappa shape index (κ3) is 6.69. The number of anilines is 2. The molecule has 0 radical (unpaired) electrons. The first-order chi connectivity index (χ1) is 22.5. The van der Waals surface area contributed by atoms with Crippen molar-refractivity contribution in [2.24, 2.45) is 11.3 Å². The normalized spacial score (nSPS) is 16.7. The Morgan fingerprint density at radius 3 is 2.47 bits per heavy atom. The maximum atomic E-state index is 14.0. The summed E-state index contributed by atoms with van der Waals surface area (Å²) in [5.41, 5.74) is 1.93. The number of imidazole rings is 1. The number of carbonyl (C=O) groups is 1. The number of pyridine rings is 3. The van der Waals surface area contributed by atoms with Gasteiger partial charge in [-0.1, -0.05) is 6.42 Å². The number of alkyl halides is 3. The van der Waals surface area contributed by atoms with Gasteiger partial charge < -0.3 is 29.4 Å². The van der Waals surface area contributed by atoms with E-state index >= 15 is 0 Å². The number of halogens is 3. The largest absolute Gasteiger partial charge is 0.481 e. The maximum Gasteiger partial charge on any atom is 0.421 e. The van der Waals surface area contributed by atoms with Gasteiger partial charge in [-0.3, -0.25) is 4.79 Å². The van der Waals surface area contributed by atoms with Gasteiger partial charge >= 0.3 is 12.1 Å². The van der Waals surface area contributed by atoms with Gasteiger partial charge in [0.1, 0.15) is 22.7 Å². The summed E-state index contributed by atoms with van der Waals surface area (Å²) in [5.74, 6) is -0.308. The van der Waals surface area contributed by atoms with Crippen LogP contribution >= 0.6 is 0 Å². The molecule has 0 amide bonds. The third-order valence-corrected chi connectivity index (χ3v) is 9.21. The molecule has 1 aliphatic carbocycles. The first kappa shape index (κ1) is 32.5. The molecular weight excluding hydrogens is 615 g/mol. The Balaban J connectivity index is 1.37. The number of aromatic amines is 1. The fourth-order valence-corrected chi connectivity index (χ4v) is 6.59. The second kappa shape index (κ2) is 13.0. The SMILES string of the molecule is CCOc1ncc(-c2cc(N(C)CC3(COC)CCC3)c3[nH]c(-c4ccc(N5CCC(C(=O)O)CC5)nc4)nc3n2)cc1C(F)(F)F. The van der Waals surface area contributed by atoms with E-state index in [0.717, 1.165) is 36.8 Å². The number of fused-ring (bicyclic) bond motifs is 1. The summed E-state index contributed by atoms with van der Waals surface area (Å²) in [4.78, 5) is 37.0. The van der Waals surface area contributed by atoms with Crippen molar-refractivity contribution < 1.29 is 32.5 Å². The van der Waals surface area contributed by atoms with Crippen molar-refractivity contribution in [1.82, 2.24) is 24.9 Å². The van der Waals surface area contributed by atoms with Crippen LogP contribution in [0.25, 0.3) is 33.8 Å². The lowest BCUT2D eigenvalue weighted by Crippen LogP contribution is -2.44. The van der Waals surface area contributed by atoms with E-state index in [0.29, 0.717) is 67.3 Å². The van der Waals surface area contributed by atoms with E-state index in [1.54, 1.807) is 26.3 Å². The van der Waals surface area contributed by atoms with Gasteiger partial charge in [0.2, 0.25) is 5.88 Å². The standard InChI is InChI=1S/C33H38F3N7O4/c1-4-47-30-23(33(34,35)36)14-22(17-38-30)24-15-25(42(2)18-32(19-46-3)10-5-11-32)27-29(39-24)41-28(40-27)21-6-7-26(37-16-21)43-12-8-20(9-13-43)31(44)45/h6-7,14-17,20H,4-5,8-13,18-19H2,1-3H3,(H,44,45)(H,39,40,41). The van der Waals surface area contributed by atoms with Crippen molar-refractivity contribution in [2.45, 2.75) is 45.2 Å². The fraction of sp³-hybridized carbons (Fsp3) is 0.485. The summed E-state index contributed by atoms with van der Waals surface area (Å²) in [7, 11) is 3.65. The smallest absolute Gasteiger partial charge is 0.421 e. The number of carboxylic acids is 1. The van der Waals surface area contributed by atoms with E-state index in [1.165, 1.54) is 6.20 Å². The van der Waals surface area contributed by atoms with Crippen molar-refractivity contribution in [3.8, 4) is 28.5 Å². The number of carboxylic acid groups (broad SMARTS) is 1. The summed E-state index contributed by atoms with van der Waals surface area (Å²) in [6, 6.07) is 6.55. The lowest BCUT2D eigenvalue weighted by atomic mass is 9.69. The molecule has 2 N–H and O–H groups in total. The number of H-pyrrole nitrogens is 1. The molecule has 14 heteroatoms. The Morgan fingerprint density at radius 1 is 1.13 bits per heavy atom. The molecule has 0 aromatic carbocycles. The summed E-state index contributed by atoms with van der Waals surface area (Å²) in [6.07, 6.45) is 2.65. The van der Waals surface area contributed by atoms with Crippen LogP contribution in [0.1, 0.15) is 44.6 Å². The van der Waals surface area contributed by atoms with Gasteiger partial charge in [-0.15, -0.1) is 0 Å². The van der Waals surface area contributed by atoms with Crippen LogP contribution < -0.4 is 14.5 Å². The number of aliphatic carboxylic acids is 1.